The van der Waals surface area contributed by atoms with E-state index in [-0.39, 0.29) is 11.5 Å². The molecule has 0 heterocycles. The minimum Gasteiger partial charge on any atom is -0.399 e. The maximum Gasteiger partial charge on any atom is 0.243 e. The molecule has 0 saturated carbocycles. The summed E-state index contributed by atoms with van der Waals surface area (Å²) in [6.07, 6.45) is 8.56. The number of halogens is 1. The Bertz CT molecular complexity index is 560. The summed E-state index contributed by atoms with van der Waals surface area (Å²) in [5.41, 5.74) is 14.6. The molecule has 0 bridgehead atoms. The fourth-order valence-electron chi connectivity index (χ4n) is 1.05. The molecule has 1 rings (SSSR count). The van der Waals surface area contributed by atoms with Crippen molar-refractivity contribution in [3.8, 4) is 0 Å². The fourth-order valence-corrected chi connectivity index (χ4v) is 1.05. The number of primary amides is 1. The van der Waals surface area contributed by atoms with Gasteiger partial charge in [-0.2, -0.15) is 0 Å². The van der Waals surface area contributed by atoms with E-state index in [1.165, 1.54) is 18.2 Å². The van der Waals surface area contributed by atoms with Gasteiger partial charge in [0.15, 0.2) is 0 Å². The fraction of sp³-hybridized carbons (Fsp3) is 0.133. The third-order valence-corrected chi connectivity index (χ3v) is 2.18. The number of allylic oxidation sites excluding steroid dienone is 6. The summed E-state index contributed by atoms with van der Waals surface area (Å²) in [7, 11) is 1.71. The van der Waals surface area contributed by atoms with Crippen LogP contribution in [0.1, 0.15) is 6.92 Å². The SMILES string of the molecule is C=C/C(N)=C/C(N)=O.CN=C(C)C1=CC=C(F)C=C=C1. The number of hydrogen-bond donors (Lipinski definition) is 2. The smallest absolute Gasteiger partial charge is 0.243 e. The van der Waals surface area contributed by atoms with Crippen molar-refractivity contribution in [3.63, 3.8) is 0 Å². The number of nitrogens with two attached hydrogens (primary N) is 2. The molecule has 0 aromatic carbocycles. The van der Waals surface area contributed by atoms with Crippen LogP contribution in [0.4, 0.5) is 4.39 Å². The molecule has 0 radical (unpaired) electrons. The zero-order chi connectivity index (χ0) is 15.5. The molecule has 5 heteroatoms. The molecule has 4 N–H and O–H groups in total. The third kappa shape index (κ3) is 7.63. The zero-order valence-corrected chi connectivity index (χ0v) is 11.6. The van der Waals surface area contributed by atoms with Gasteiger partial charge in [0.1, 0.15) is 5.83 Å². The van der Waals surface area contributed by atoms with E-state index >= 15 is 0 Å². The molecule has 1 aliphatic carbocycles. The van der Waals surface area contributed by atoms with Crippen LogP contribution in [0.5, 0.6) is 0 Å². The molecule has 0 atom stereocenters. The molecule has 1 aliphatic rings. The van der Waals surface area contributed by atoms with Gasteiger partial charge >= 0.3 is 0 Å². The Balaban J connectivity index is 0.000000396. The number of aliphatic imine (C=N–C) groups is 1. The Morgan fingerprint density at radius 3 is 2.50 bits per heavy atom. The summed E-state index contributed by atoms with van der Waals surface area (Å²) in [6.45, 7) is 5.19. The van der Waals surface area contributed by atoms with Crippen molar-refractivity contribution in [2.45, 2.75) is 6.92 Å². The van der Waals surface area contributed by atoms with Crippen molar-refractivity contribution < 1.29 is 9.18 Å². The molecule has 1 amide bonds. The number of nitrogens with zero attached hydrogens (tertiary/aromatic N) is 1. The normalized spacial score (nSPS) is 14.6. The van der Waals surface area contributed by atoms with Crippen LogP contribution in [0, 0.1) is 0 Å². The predicted octanol–water partition coefficient (Wildman–Crippen LogP) is 2.08. The summed E-state index contributed by atoms with van der Waals surface area (Å²) < 4.78 is 12.6. The van der Waals surface area contributed by atoms with Gasteiger partial charge in [-0.1, -0.05) is 6.58 Å². The lowest BCUT2D eigenvalue weighted by molar-refractivity contribution is -0.113. The molecular formula is C15H18FN3O. The highest BCUT2D eigenvalue weighted by Crippen LogP contribution is 2.07. The van der Waals surface area contributed by atoms with Gasteiger partial charge < -0.3 is 11.5 Å². The molecular weight excluding hydrogens is 257 g/mol. The molecule has 0 aromatic heterocycles. The third-order valence-electron chi connectivity index (χ3n) is 2.18. The van der Waals surface area contributed by atoms with E-state index in [1.54, 1.807) is 19.2 Å². The number of rotatable bonds is 3. The number of hydrogen-bond acceptors (Lipinski definition) is 3. The largest absolute Gasteiger partial charge is 0.399 e. The maximum absolute atomic E-state index is 12.6. The molecule has 0 spiro atoms. The van der Waals surface area contributed by atoms with E-state index in [0.29, 0.717) is 0 Å². The molecule has 0 aromatic rings. The van der Waals surface area contributed by atoms with Crippen LogP contribution in [-0.4, -0.2) is 18.7 Å². The second-order valence-electron chi connectivity index (χ2n) is 3.69. The van der Waals surface area contributed by atoms with Gasteiger partial charge in [-0.25, -0.2) is 4.39 Å². The first-order valence-corrected chi connectivity index (χ1v) is 5.73. The van der Waals surface area contributed by atoms with Crippen LogP contribution >= 0.6 is 0 Å². The quantitative estimate of drug-likeness (QED) is 0.358. The first-order valence-electron chi connectivity index (χ1n) is 5.73. The summed E-state index contributed by atoms with van der Waals surface area (Å²) in [6, 6.07) is 0. The van der Waals surface area contributed by atoms with Gasteiger partial charge in [-0.3, -0.25) is 9.79 Å². The van der Waals surface area contributed by atoms with E-state index < -0.39 is 5.91 Å². The molecule has 0 unspecified atom stereocenters. The highest BCUT2D eigenvalue weighted by molar-refractivity contribution is 6.00. The molecule has 20 heavy (non-hydrogen) atoms. The van der Waals surface area contributed by atoms with Crippen LogP contribution in [-0.2, 0) is 4.79 Å². The van der Waals surface area contributed by atoms with E-state index in [1.807, 2.05) is 6.92 Å². The Morgan fingerprint density at radius 1 is 1.40 bits per heavy atom. The maximum atomic E-state index is 12.6. The second-order valence-corrected chi connectivity index (χ2v) is 3.69. The van der Waals surface area contributed by atoms with E-state index in [0.717, 1.165) is 17.4 Å². The van der Waals surface area contributed by atoms with Crippen molar-refractivity contribution in [2.24, 2.45) is 16.5 Å². The van der Waals surface area contributed by atoms with Crippen molar-refractivity contribution in [1.29, 1.82) is 0 Å². The minimum atomic E-state index is -0.553. The lowest BCUT2D eigenvalue weighted by Gasteiger charge is -1.95. The number of carbonyl (C=O) groups is 1. The minimum absolute atomic E-state index is 0.287. The van der Waals surface area contributed by atoms with Gasteiger partial charge in [-0.15, -0.1) is 5.73 Å². The average Bonchev–Trinajstić information content (AvgIpc) is 2.62. The lowest BCUT2D eigenvalue weighted by Crippen LogP contribution is -2.09. The molecule has 0 aliphatic heterocycles. The van der Waals surface area contributed by atoms with Gasteiger partial charge in [-0.05, 0) is 31.2 Å². The second kappa shape index (κ2) is 9.30. The molecule has 0 saturated heterocycles. The number of amides is 1. The van der Waals surface area contributed by atoms with E-state index in [9.17, 15) is 9.18 Å². The molecule has 106 valence electrons. The lowest BCUT2D eigenvalue weighted by atomic mass is 10.1. The molecule has 4 nitrogen and oxygen atoms in total. The van der Waals surface area contributed by atoms with Gasteiger partial charge in [0, 0.05) is 36.2 Å². The topological polar surface area (TPSA) is 81.5 Å². The van der Waals surface area contributed by atoms with E-state index in [2.05, 4.69) is 17.3 Å². The Kier molecular flexibility index (Phi) is 8.07. The van der Waals surface area contributed by atoms with Crippen molar-refractivity contribution >= 4 is 11.6 Å². The van der Waals surface area contributed by atoms with Gasteiger partial charge in [0.25, 0.3) is 0 Å². The van der Waals surface area contributed by atoms with Crippen LogP contribution in [0.25, 0.3) is 0 Å². The Labute approximate surface area is 118 Å². The standard InChI is InChI=1S/C10H10FN.C5H8N2O/c1-8(12-2)9-4-3-5-10(11)7-6-9;1-2-4(6)3-5(7)8/h4-7H,1-2H3;2-3H,1,6H2,(H2,7,8)/b;4-3-. The summed E-state index contributed by atoms with van der Waals surface area (Å²) in [5.74, 6) is -0.840. The van der Waals surface area contributed by atoms with Gasteiger partial charge in [0.2, 0.25) is 5.91 Å². The average molecular weight is 275 g/mol. The highest BCUT2D eigenvalue weighted by Gasteiger charge is 1.97. The summed E-state index contributed by atoms with van der Waals surface area (Å²) in [5, 5.41) is 0. The van der Waals surface area contributed by atoms with Crippen LogP contribution < -0.4 is 11.5 Å². The number of carbonyl (C=O) groups excluding carboxylic acids is 1. The summed E-state index contributed by atoms with van der Waals surface area (Å²) in [4.78, 5) is 14.0. The Morgan fingerprint density at radius 2 is 2.05 bits per heavy atom. The van der Waals surface area contributed by atoms with Crippen molar-refractivity contribution in [1.82, 2.24) is 0 Å². The first-order chi connectivity index (χ1) is 9.40. The van der Waals surface area contributed by atoms with Crippen LogP contribution in [0.2, 0.25) is 0 Å². The van der Waals surface area contributed by atoms with E-state index in [4.69, 9.17) is 11.5 Å². The monoisotopic (exact) mass is 275 g/mol. The molecule has 0 fully saturated rings. The highest BCUT2D eigenvalue weighted by atomic mass is 19.1. The first kappa shape index (κ1) is 17.4. The Hall–Kier alpha value is -2.65. The van der Waals surface area contributed by atoms with Crippen molar-refractivity contribution in [3.05, 3.63) is 65.9 Å². The summed E-state index contributed by atoms with van der Waals surface area (Å²) >= 11 is 0. The predicted molar refractivity (Wildman–Crippen MR) is 80.6 cm³/mol. The van der Waals surface area contributed by atoms with Crippen LogP contribution in [0.3, 0.4) is 0 Å². The van der Waals surface area contributed by atoms with Gasteiger partial charge in [0.05, 0.1) is 0 Å². The van der Waals surface area contributed by atoms with Crippen molar-refractivity contribution in [2.75, 3.05) is 7.05 Å². The van der Waals surface area contributed by atoms with Crippen LogP contribution in [0.15, 0.2) is 70.9 Å². The zero-order valence-electron chi connectivity index (χ0n) is 11.6.